The van der Waals surface area contributed by atoms with Crippen LogP contribution in [0.15, 0.2) is 120 Å². The molecule has 4 aromatic carbocycles. The predicted octanol–water partition coefficient (Wildman–Crippen LogP) is 5.67. The van der Waals surface area contributed by atoms with Crippen molar-refractivity contribution in [3.63, 3.8) is 0 Å². The number of fused-ring (bicyclic) bond motifs is 3. The van der Waals surface area contributed by atoms with Crippen molar-refractivity contribution >= 4 is 36.4 Å². The smallest absolute Gasteiger partial charge is 0.279 e. The topological polar surface area (TPSA) is 136 Å². The van der Waals surface area contributed by atoms with E-state index in [2.05, 4.69) is 15.4 Å². The van der Waals surface area contributed by atoms with Gasteiger partial charge in [0.25, 0.3) is 11.5 Å². The number of hydrogen-bond donors (Lipinski definition) is 2. The highest BCUT2D eigenvalue weighted by Gasteiger charge is 2.66. The number of hydrogen-bond acceptors (Lipinski definition) is 8. The van der Waals surface area contributed by atoms with Gasteiger partial charge < -0.3 is 14.6 Å². The first-order valence-corrected chi connectivity index (χ1v) is 20.6. The number of aliphatic hydroxyl groups excluding tert-OH is 1. The van der Waals surface area contributed by atoms with E-state index in [-0.39, 0.29) is 29.5 Å². The van der Waals surface area contributed by atoms with Gasteiger partial charge in [-0.05, 0) is 61.5 Å². The summed E-state index contributed by atoms with van der Waals surface area (Å²) in [5.41, 5.74) is 2.09. The van der Waals surface area contributed by atoms with E-state index in [4.69, 9.17) is 4.74 Å². The van der Waals surface area contributed by atoms with Crippen molar-refractivity contribution in [1.82, 2.24) is 24.8 Å². The van der Waals surface area contributed by atoms with Gasteiger partial charge in [-0.3, -0.25) is 19.2 Å². The maximum absolute atomic E-state index is 15.0. The lowest BCUT2D eigenvalue weighted by atomic mass is 9.82. The quantitative estimate of drug-likeness (QED) is 0.183. The van der Waals surface area contributed by atoms with Gasteiger partial charge in [0.2, 0.25) is 0 Å². The number of carbonyl (C=O) groups excluding carboxylic acids is 1. The average molecular weight is 713 g/mol. The fourth-order valence-electron chi connectivity index (χ4n) is 8.40. The largest absolute Gasteiger partial charge is 0.432 e. The first-order valence-electron chi connectivity index (χ1n) is 17.6. The molecular formula is C40H40N6O5Si. The van der Waals surface area contributed by atoms with Crippen molar-refractivity contribution in [2.75, 3.05) is 11.5 Å². The second kappa shape index (κ2) is 13.0. The van der Waals surface area contributed by atoms with Crippen LogP contribution in [0.25, 0.3) is 16.5 Å². The number of nitrogens with zero attached hydrogens (tertiary/aromatic N) is 6. The van der Waals surface area contributed by atoms with Gasteiger partial charge in [-0.2, -0.15) is 9.78 Å². The van der Waals surface area contributed by atoms with Crippen LogP contribution in [0.3, 0.4) is 0 Å². The number of anilines is 2. The van der Waals surface area contributed by atoms with Gasteiger partial charge in [0.15, 0.2) is 13.9 Å². The molecule has 11 nitrogen and oxygen atoms in total. The lowest BCUT2D eigenvalue weighted by Gasteiger charge is -2.32. The molecule has 4 heterocycles. The van der Waals surface area contributed by atoms with E-state index < -0.39 is 25.9 Å². The number of aromatic nitrogens is 5. The molecule has 52 heavy (non-hydrogen) atoms. The van der Waals surface area contributed by atoms with Crippen molar-refractivity contribution in [1.29, 1.82) is 0 Å². The Hall–Kier alpha value is -5.27. The van der Waals surface area contributed by atoms with Crippen molar-refractivity contribution < 1.29 is 19.4 Å². The van der Waals surface area contributed by atoms with Crippen molar-refractivity contribution in [3.8, 4) is 5.69 Å². The average Bonchev–Trinajstić information content (AvgIpc) is 3.81. The van der Waals surface area contributed by atoms with Gasteiger partial charge in [0.05, 0.1) is 47.3 Å². The molecule has 1 unspecified atom stereocenters. The number of carbonyl (C=O) groups is 1. The highest BCUT2D eigenvalue weighted by molar-refractivity contribution is 6.71. The van der Waals surface area contributed by atoms with Crippen LogP contribution in [0, 0.1) is 5.92 Å². The zero-order valence-electron chi connectivity index (χ0n) is 29.2. The standard InChI is InChI=1S/C40H40N6O5Si/c1-26-37(52(2,3)50)36(20-21-44-24-34(42-43-44)32(25-47)27-12-6-4-7-13-27)51-40(26)33-22-30(46-38(48)31-17-11-10-14-28(31)23-41-46)18-19-35(33)45(39(40)49)29-15-8-5-9-16-29/h4-19,22-24,26,32,36-37,47,50H,20-21,25H2,1-3H3/t26-,32?,36+,37-,40+/m1/s1. The molecule has 0 aliphatic carbocycles. The summed E-state index contributed by atoms with van der Waals surface area (Å²) in [6.07, 6.45) is 3.48. The third kappa shape index (κ3) is 5.50. The fourth-order valence-corrected chi connectivity index (χ4v) is 11.0. The van der Waals surface area contributed by atoms with Gasteiger partial charge in [0.1, 0.15) is 0 Å². The van der Waals surface area contributed by atoms with Gasteiger partial charge in [0, 0.05) is 40.8 Å². The van der Waals surface area contributed by atoms with Crippen LogP contribution in [0.5, 0.6) is 0 Å². The Labute approximate surface area is 301 Å². The highest BCUT2D eigenvalue weighted by atomic mass is 28.4. The number of ether oxygens (including phenoxy) is 1. The molecule has 1 amide bonds. The number of para-hydroxylation sites is 1. The number of aryl methyl sites for hydroxylation is 1. The number of benzene rings is 4. The summed E-state index contributed by atoms with van der Waals surface area (Å²) in [6, 6.07) is 32.0. The molecule has 5 atom stereocenters. The van der Waals surface area contributed by atoms with Gasteiger partial charge >= 0.3 is 0 Å². The second-order valence-electron chi connectivity index (χ2n) is 14.3. The summed E-state index contributed by atoms with van der Waals surface area (Å²) in [5.74, 6) is -0.962. The molecule has 2 aliphatic rings. The van der Waals surface area contributed by atoms with Crippen LogP contribution >= 0.6 is 0 Å². The SMILES string of the molecule is C[C@@H]1[C@@H]([Si](C)(C)O)[C@H](CCn2cc(C(CO)c3ccccc3)nn2)O[C@@]12C(=O)N(c1ccccc1)c1ccc(-n3ncc4ccccc4c3=O)cc12. The first-order chi connectivity index (χ1) is 25.1. The van der Waals surface area contributed by atoms with Crippen LogP contribution in [-0.2, 0) is 21.7 Å². The van der Waals surface area contributed by atoms with E-state index in [1.54, 1.807) is 27.9 Å². The summed E-state index contributed by atoms with van der Waals surface area (Å²) in [5, 5.41) is 24.8. The number of rotatable bonds is 9. The molecule has 2 aromatic heterocycles. The molecule has 0 radical (unpaired) electrons. The summed E-state index contributed by atoms with van der Waals surface area (Å²) >= 11 is 0. The Morgan fingerprint density at radius 2 is 1.63 bits per heavy atom. The first kappa shape index (κ1) is 33.8. The molecule has 264 valence electrons. The van der Waals surface area contributed by atoms with E-state index in [0.717, 1.165) is 10.9 Å². The van der Waals surface area contributed by atoms with Crippen LogP contribution in [0.2, 0.25) is 18.6 Å². The highest BCUT2D eigenvalue weighted by Crippen LogP contribution is 2.61. The predicted molar refractivity (Wildman–Crippen MR) is 200 cm³/mol. The number of amides is 1. The fraction of sp³-hybridized carbons (Fsp3) is 0.275. The van der Waals surface area contributed by atoms with Gasteiger partial charge in [-0.1, -0.05) is 78.9 Å². The summed E-state index contributed by atoms with van der Waals surface area (Å²) < 4.78 is 10.2. The molecule has 2 aliphatic heterocycles. The van der Waals surface area contributed by atoms with Gasteiger partial charge in [-0.15, -0.1) is 5.10 Å². The van der Waals surface area contributed by atoms with E-state index in [0.29, 0.717) is 46.7 Å². The Bertz CT molecular complexity index is 2320. The third-order valence-corrected chi connectivity index (χ3v) is 13.3. The van der Waals surface area contributed by atoms with Crippen LogP contribution in [0.4, 0.5) is 11.4 Å². The molecule has 2 N–H and O–H groups in total. The van der Waals surface area contributed by atoms with Crippen LogP contribution < -0.4 is 10.5 Å². The van der Waals surface area contributed by atoms with Crippen molar-refractivity contribution in [3.05, 3.63) is 143 Å². The molecule has 8 rings (SSSR count). The lowest BCUT2D eigenvalue weighted by Crippen LogP contribution is -2.45. The molecule has 0 saturated carbocycles. The molecule has 1 spiro atoms. The Balaban J connectivity index is 1.19. The monoisotopic (exact) mass is 712 g/mol. The summed E-state index contributed by atoms with van der Waals surface area (Å²) in [6.45, 7) is 6.11. The third-order valence-electron chi connectivity index (χ3n) is 10.8. The number of aliphatic hydroxyl groups is 1. The van der Waals surface area contributed by atoms with Crippen LogP contribution in [0.1, 0.15) is 36.1 Å². The molecule has 12 heteroatoms. The second-order valence-corrected chi connectivity index (χ2v) is 18.3. The Morgan fingerprint density at radius 3 is 2.37 bits per heavy atom. The van der Waals surface area contributed by atoms with Crippen molar-refractivity contribution in [2.45, 2.75) is 56.1 Å². The van der Waals surface area contributed by atoms with E-state index in [9.17, 15) is 14.7 Å². The minimum atomic E-state index is -2.96. The minimum absolute atomic E-state index is 0.108. The maximum Gasteiger partial charge on any atom is 0.279 e. The normalized spacial score (nSPS) is 22.0. The van der Waals surface area contributed by atoms with Gasteiger partial charge in [-0.25, -0.2) is 0 Å². The molecule has 1 fully saturated rings. The zero-order valence-corrected chi connectivity index (χ0v) is 30.2. The Kier molecular flexibility index (Phi) is 8.49. The maximum atomic E-state index is 15.0. The van der Waals surface area contributed by atoms with Crippen LogP contribution in [-0.4, -0.2) is 61.6 Å². The van der Waals surface area contributed by atoms with E-state index >= 15 is 4.79 Å². The zero-order chi connectivity index (χ0) is 36.2. The van der Waals surface area contributed by atoms with Crippen molar-refractivity contribution in [2.24, 2.45) is 5.92 Å². The molecule has 1 saturated heterocycles. The molecular weight excluding hydrogens is 673 g/mol. The summed E-state index contributed by atoms with van der Waals surface area (Å²) in [7, 11) is -2.96. The molecule has 6 aromatic rings. The minimum Gasteiger partial charge on any atom is -0.432 e. The summed E-state index contributed by atoms with van der Waals surface area (Å²) in [4.78, 5) is 42.2. The lowest BCUT2D eigenvalue weighted by molar-refractivity contribution is -0.145. The van der Waals surface area contributed by atoms with E-state index in [1.807, 2.05) is 117 Å². The molecule has 0 bridgehead atoms. The van der Waals surface area contributed by atoms with E-state index in [1.165, 1.54) is 4.68 Å². The Morgan fingerprint density at radius 1 is 0.923 bits per heavy atom.